The topological polar surface area (TPSA) is 41.6 Å². The summed E-state index contributed by atoms with van der Waals surface area (Å²) in [6.07, 6.45) is 0. The van der Waals surface area contributed by atoms with Crippen LogP contribution in [0.15, 0.2) is 0 Å². The summed E-state index contributed by atoms with van der Waals surface area (Å²) in [4.78, 5) is 3.93. The van der Waals surface area contributed by atoms with Crippen LogP contribution in [0, 0.1) is 6.92 Å². The Morgan fingerprint density at radius 1 is 1.67 bits per heavy atom. The molecule has 1 aromatic heterocycles. The Morgan fingerprint density at radius 2 is 2.33 bits per heavy atom. The van der Waals surface area contributed by atoms with E-state index in [1.54, 1.807) is 0 Å². The molecule has 0 unspecified atom stereocenters. The lowest BCUT2D eigenvalue weighted by Gasteiger charge is -1.74. The monoisotopic (exact) mass is 167 g/mol. The molecule has 0 atom stereocenters. The fourth-order valence-electron chi connectivity index (χ4n) is 0.449. The zero-order valence-corrected chi connectivity index (χ0v) is 6.46. The van der Waals surface area contributed by atoms with Gasteiger partial charge in [-0.1, -0.05) is 0 Å². The number of halogens is 2. The van der Waals surface area contributed by atoms with Crippen molar-refractivity contribution < 1.29 is 0 Å². The third kappa shape index (κ3) is 2.20. The van der Waals surface area contributed by atoms with E-state index in [2.05, 4.69) is 15.2 Å². The average Bonchev–Trinajstić information content (AvgIpc) is 2.14. The van der Waals surface area contributed by atoms with Gasteiger partial charge < -0.3 is 0 Å². The van der Waals surface area contributed by atoms with Crippen LogP contribution in [0.1, 0.15) is 11.6 Å². The van der Waals surface area contributed by atoms with Gasteiger partial charge in [-0.25, -0.2) is 4.98 Å². The van der Waals surface area contributed by atoms with E-state index in [1.807, 2.05) is 6.92 Å². The smallest absolute Gasteiger partial charge is 0.165 e. The summed E-state index contributed by atoms with van der Waals surface area (Å²) >= 11 is 5.40. The molecule has 1 N–H and O–H groups in total. The lowest BCUT2D eigenvalue weighted by Crippen LogP contribution is -1.78. The number of hydrogen-bond acceptors (Lipinski definition) is 2. The molecule has 5 heteroatoms. The normalized spacial score (nSPS) is 8.67. The van der Waals surface area contributed by atoms with Gasteiger partial charge in [0, 0.05) is 0 Å². The molecule has 3 nitrogen and oxygen atoms in total. The third-order valence-corrected chi connectivity index (χ3v) is 1.00. The summed E-state index contributed by atoms with van der Waals surface area (Å²) < 4.78 is 0. The molecule has 0 saturated heterocycles. The maximum Gasteiger partial charge on any atom is 0.165 e. The SMILES string of the molecule is Cc1nc(CCl)n[nH]1.Cl. The molecule has 0 aliphatic rings. The van der Waals surface area contributed by atoms with E-state index in [4.69, 9.17) is 11.6 Å². The van der Waals surface area contributed by atoms with Crippen LogP contribution in [-0.4, -0.2) is 15.2 Å². The van der Waals surface area contributed by atoms with Gasteiger partial charge in [-0.2, -0.15) is 5.10 Å². The Morgan fingerprint density at radius 3 is 2.56 bits per heavy atom. The van der Waals surface area contributed by atoms with Crippen LogP contribution in [0.2, 0.25) is 0 Å². The second-order valence-electron chi connectivity index (χ2n) is 1.47. The number of aromatic nitrogens is 3. The van der Waals surface area contributed by atoms with Gasteiger partial charge in [0.25, 0.3) is 0 Å². The van der Waals surface area contributed by atoms with Gasteiger partial charge in [0.1, 0.15) is 5.82 Å². The molecule has 0 spiro atoms. The summed E-state index contributed by atoms with van der Waals surface area (Å²) in [6, 6.07) is 0. The lowest BCUT2D eigenvalue weighted by molar-refractivity contribution is 1.01. The van der Waals surface area contributed by atoms with E-state index in [1.165, 1.54) is 0 Å². The van der Waals surface area contributed by atoms with Crippen molar-refractivity contribution in [2.75, 3.05) is 0 Å². The van der Waals surface area contributed by atoms with Crippen LogP contribution < -0.4 is 0 Å². The summed E-state index contributed by atoms with van der Waals surface area (Å²) in [6.45, 7) is 1.84. The minimum atomic E-state index is 0. The maximum absolute atomic E-state index is 5.40. The van der Waals surface area contributed by atoms with Gasteiger partial charge in [0.15, 0.2) is 5.82 Å². The molecule has 0 amide bonds. The quantitative estimate of drug-likeness (QED) is 0.641. The van der Waals surface area contributed by atoms with Crippen LogP contribution in [-0.2, 0) is 5.88 Å². The van der Waals surface area contributed by atoms with Crippen molar-refractivity contribution in [2.45, 2.75) is 12.8 Å². The van der Waals surface area contributed by atoms with Gasteiger partial charge in [-0.15, -0.1) is 24.0 Å². The van der Waals surface area contributed by atoms with Crippen molar-refractivity contribution in [3.63, 3.8) is 0 Å². The van der Waals surface area contributed by atoms with Crippen LogP contribution in [0.25, 0.3) is 0 Å². The van der Waals surface area contributed by atoms with Gasteiger partial charge in [-0.05, 0) is 6.92 Å². The highest BCUT2D eigenvalue weighted by molar-refractivity contribution is 6.16. The number of aromatic amines is 1. The molecule has 52 valence electrons. The van der Waals surface area contributed by atoms with E-state index in [9.17, 15) is 0 Å². The average molecular weight is 168 g/mol. The molecule has 0 aliphatic carbocycles. The second kappa shape index (κ2) is 3.69. The van der Waals surface area contributed by atoms with Crippen molar-refractivity contribution in [1.82, 2.24) is 15.2 Å². The van der Waals surface area contributed by atoms with E-state index < -0.39 is 0 Å². The first kappa shape index (κ1) is 8.72. The first-order valence-electron chi connectivity index (χ1n) is 2.27. The van der Waals surface area contributed by atoms with Gasteiger partial charge >= 0.3 is 0 Å². The molecule has 0 bridgehead atoms. The largest absolute Gasteiger partial charge is 0.263 e. The Bertz CT molecular complexity index is 174. The van der Waals surface area contributed by atoms with Crippen LogP contribution in [0.3, 0.4) is 0 Å². The second-order valence-corrected chi connectivity index (χ2v) is 1.74. The van der Waals surface area contributed by atoms with Crippen molar-refractivity contribution in [3.8, 4) is 0 Å². The summed E-state index contributed by atoms with van der Waals surface area (Å²) in [5.74, 6) is 1.84. The van der Waals surface area contributed by atoms with Crippen molar-refractivity contribution in [3.05, 3.63) is 11.6 Å². The predicted octanol–water partition coefficient (Wildman–Crippen LogP) is 1.27. The minimum absolute atomic E-state index is 0. The first-order valence-corrected chi connectivity index (χ1v) is 2.80. The van der Waals surface area contributed by atoms with Gasteiger partial charge in [0.2, 0.25) is 0 Å². The number of nitrogens with zero attached hydrogens (tertiary/aromatic N) is 2. The Balaban J connectivity index is 0.000000640. The maximum atomic E-state index is 5.40. The molecular weight excluding hydrogens is 161 g/mol. The molecule has 1 aromatic rings. The molecule has 1 heterocycles. The molecule has 0 aromatic carbocycles. The zero-order chi connectivity index (χ0) is 5.98. The van der Waals surface area contributed by atoms with E-state index in [-0.39, 0.29) is 12.4 Å². The molecule has 1 rings (SSSR count). The van der Waals surface area contributed by atoms with Crippen molar-refractivity contribution in [2.24, 2.45) is 0 Å². The molecule has 0 aliphatic heterocycles. The van der Waals surface area contributed by atoms with Crippen molar-refractivity contribution in [1.29, 1.82) is 0 Å². The van der Waals surface area contributed by atoms with E-state index in [0.717, 1.165) is 5.82 Å². The summed E-state index contributed by atoms with van der Waals surface area (Å²) in [5.41, 5.74) is 0. The predicted molar refractivity (Wildman–Crippen MR) is 37.9 cm³/mol. The first-order chi connectivity index (χ1) is 3.83. The summed E-state index contributed by atoms with van der Waals surface area (Å²) in [7, 11) is 0. The number of H-pyrrole nitrogens is 1. The van der Waals surface area contributed by atoms with Gasteiger partial charge in [0.05, 0.1) is 5.88 Å². The number of aryl methyl sites for hydroxylation is 1. The summed E-state index contributed by atoms with van der Waals surface area (Å²) in [5, 5.41) is 6.44. The number of alkyl halides is 1. The Hall–Kier alpha value is -0.280. The van der Waals surface area contributed by atoms with Crippen LogP contribution in [0.4, 0.5) is 0 Å². The number of hydrogen-bond donors (Lipinski definition) is 1. The fourth-order valence-corrected chi connectivity index (χ4v) is 0.568. The molecule has 0 saturated carbocycles. The van der Waals surface area contributed by atoms with Crippen molar-refractivity contribution >= 4 is 24.0 Å². The van der Waals surface area contributed by atoms with Crippen LogP contribution >= 0.6 is 24.0 Å². The molecule has 9 heavy (non-hydrogen) atoms. The van der Waals surface area contributed by atoms with E-state index in [0.29, 0.717) is 11.7 Å². The standard InChI is InChI=1S/C4H6ClN3.ClH/c1-3-6-4(2-5)8-7-3;/h2H2,1H3,(H,6,7,8);1H. The molecule has 0 fully saturated rings. The highest BCUT2D eigenvalue weighted by Gasteiger charge is 1.93. The zero-order valence-electron chi connectivity index (χ0n) is 4.89. The molecular formula is C4H7Cl2N3. The highest BCUT2D eigenvalue weighted by atomic mass is 35.5. The highest BCUT2D eigenvalue weighted by Crippen LogP contribution is 1.93. The van der Waals surface area contributed by atoms with E-state index >= 15 is 0 Å². The van der Waals surface area contributed by atoms with Crippen LogP contribution in [0.5, 0.6) is 0 Å². The number of nitrogens with one attached hydrogen (secondary N) is 1. The Labute approximate surface area is 64.2 Å². The van der Waals surface area contributed by atoms with Gasteiger partial charge in [-0.3, -0.25) is 5.10 Å². The fraction of sp³-hybridized carbons (Fsp3) is 0.500. The third-order valence-electron chi connectivity index (χ3n) is 0.763. The Kier molecular flexibility index (Phi) is 3.58. The minimum Gasteiger partial charge on any atom is -0.263 e. The number of rotatable bonds is 1. The lowest BCUT2D eigenvalue weighted by atomic mass is 10.7. The molecule has 0 radical (unpaired) electrons.